The summed E-state index contributed by atoms with van der Waals surface area (Å²) in [6.45, 7) is 1.51. The molecule has 1 fully saturated rings. The molecule has 7 nitrogen and oxygen atoms in total. The average Bonchev–Trinajstić information content (AvgIpc) is 3.10. The number of aromatic nitrogens is 3. The number of H-pyrrole nitrogens is 1. The fraction of sp³-hybridized carbons (Fsp3) is 0.429. The van der Waals surface area contributed by atoms with Crippen LogP contribution in [0.3, 0.4) is 0 Å². The summed E-state index contributed by atoms with van der Waals surface area (Å²) in [4.78, 5) is 25.6. The third-order valence-electron chi connectivity index (χ3n) is 3.85. The number of rotatable bonds is 3. The van der Waals surface area contributed by atoms with Crippen LogP contribution in [0.2, 0.25) is 0 Å². The Morgan fingerprint density at radius 3 is 2.76 bits per heavy atom. The van der Waals surface area contributed by atoms with Gasteiger partial charge >= 0.3 is 5.69 Å². The van der Waals surface area contributed by atoms with Crippen LogP contribution in [-0.2, 0) is 4.74 Å². The minimum atomic E-state index is -0.502. The van der Waals surface area contributed by atoms with Gasteiger partial charge in [0.05, 0.1) is 12.6 Å². The highest BCUT2D eigenvalue weighted by Gasteiger charge is 2.37. The standard InChI is InChI=1S/C14H17N3O4/c1-9-7-17(14(20)15-13(9)19)12-6-10(11(8-18)21-12)16-4-2-3-5-16/h2-5,7,10-12,18H,6,8H2,1H3,(H,15,19,20)/t10-,11-,12-/m1/s1. The summed E-state index contributed by atoms with van der Waals surface area (Å²) < 4.78 is 9.12. The molecule has 1 aliphatic rings. The summed E-state index contributed by atoms with van der Waals surface area (Å²) in [6, 6.07) is 3.75. The zero-order valence-corrected chi connectivity index (χ0v) is 11.6. The lowest BCUT2D eigenvalue weighted by molar-refractivity contribution is -0.0315. The molecular formula is C14H17N3O4. The van der Waals surface area contributed by atoms with Gasteiger partial charge in [0.25, 0.3) is 5.56 Å². The molecule has 0 aromatic carbocycles. The highest BCUT2D eigenvalue weighted by Crippen LogP contribution is 2.35. The van der Waals surface area contributed by atoms with Crippen LogP contribution in [-0.4, -0.2) is 31.9 Å². The van der Waals surface area contributed by atoms with Gasteiger partial charge < -0.3 is 14.4 Å². The van der Waals surface area contributed by atoms with E-state index >= 15 is 0 Å². The van der Waals surface area contributed by atoms with Gasteiger partial charge in [-0.3, -0.25) is 14.3 Å². The Morgan fingerprint density at radius 2 is 2.10 bits per heavy atom. The normalized spacial score (nSPS) is 25.3. The number of ether oxygens (including phenoxy) is 1. The minimum absolute atomic E-state index is 0.0471. The molecule has 0 amide bonds. The van der Waals surface area contributed by atoms with E-state index in [0.717, 1.165) is 0 Å². The number of nitrogens with zero attached hydrogens (tertiary/aromatic N) is 2. The summed E-state index contributed by atoms with van der Waals surface area (Å²) in [5.41, 5.74) is -0.446. The Balaban J connectivity index is 1.93. The van der Waals surface area contributed by atoms with Crippen molar-refractivity contribution in [1.82, 2.24) is 14.1 Å². The first-order valence-electron chi connectivity index (χ1n) is 6.81. The molecule has 2 N–H and O–H groups in total. The zero-order valence-electron chi connectivity index (χ0n) is 11.6. The summed E-state index contributed by atoms with van der Waals surface area (Å²) in [6.07, 6.45) is 4.96. The fourth-order valence-corrected chi connectivity index (χ4v) is 2.73. The monoisotopic (exact) mass is 291 g/mol. The van der Waals surface area contributed by atoms with Gasteiger partial charge in [-0.05, 0) is 19.1 Å². The van der Waals surface area contributed by atoms with Crippen molar-refractivity contribution in [3.8, 4) is 0 Å². The van der Waals surface area contributed by atoms with Crippen LogP contribution in [0, 0.1) is 6.92 Å². The van der Waals surface area contributed by atoms with Crippen molar-refractivity contribution in [2.24, 2.45) is 0 Å². The van der Waals surface area contributed by atoms with Gasteiger partial charge in [-0.25, -0.2) is 4.79 Å². The first kappa shape index (κ1) is 13.8. The van der Waals surface area contributed by atoms with Gasteiger partial charge in [-0.15, -0.1) is 0 Å². The molecule has 0 spiro atoms. The number of aromatic amines is 1. The lowest BCUT2D eigenvalue weighted by Crippen LogP contribution is -2.33. The van der Waals surface area contributed by atoms with Gasteiger partial charge in [-0.2, -0.15) is 0 Å². The Labute approximate surface area is 120 Å². The molecule has 2 aromatic heterocycles. The van der Waals surface area contributed by atoms with E-state index < -0.39 is 17.5 Å². The smallest absolute Gasteiger partial charge is 0.330 e. The van der Waals surface area contributed by atoms with Crippen LogP contribution in [0.1, 0.15) is 24.3 Å². The first-order chi connectivity index (χ1) is 10.1. The minimum Gasteiger partial charge on any atom is -0.394 e. The summed E-state index contributed by atoms with van der Waals surface area (Å²) >= 11 is 0. The van der Waals surface area contributed by atoms with Crippen LogP contribution >= 0.6 is 0 Å². The Hall–Kier alpha value is -2.12. The van der Waals surface area contributed by atoms with Crippen molar-refractivity contribution in [3.63, 3.8) is 0 Å². The van der Waals surface area contributed by atoms with Crippen molar-refractivity contribution < 1.29 is 9.84 Å². The van der Waals surface area contributed by atoms with Crippen LogP contribution in [0.15, 0.2) is 40.3 Å². The van der Waals surface area contributed by atoms with E-state index in [1.165, 1.54) is 10.8 Å². The molecule has 1 saturated heterocycles. The van der Waals surface area contributed by atoms with Crippen LogP contribution in [0.5, 0.6) is 0 Å². The molecule has 0 aliphatic carbocycles. The Bertz CT molecular complexity index is 731. The molecule has 3 rings (SSSR count). The van der Waals surface area contributed by atoms with Crippen LogP contribution < -0.4 is 11.2 Å². The van der Waals surface area contributed by atoms with Gasteiger partial charge in [0, 0.05) is 30.6 Å². The fourth-order valence-electron chi connectivity index (χ4n) is 2.73. The molecular weight excluding hydrogens is 274 g/mol. The molecule has 3 heterocycles. The second kappa shape index (κ2) is 5.34. The van der Waals surface area contributed by atoms with E-state index in [-0.39, 0.29) is 18.8 Å². The van der Waals surface area contributed by atoms with E-state index in [4.69, 9.17) is 4.74 Å². The van der Waals surface area contributed by atoms with E-state index in [9.17, 15) is 14.7 Å². The average molecular weight is 291 g/mol. The number of hydrogen-bond donors (Lipinski definition) is 2. The highest BCUT2D eigenvalue weighted by atomic mass is 16.5. The summed E-state index contributed by atoms with van der Waals surface area (Å²) in [5.74, 6) is 0. The lowest BCUT2D eigenvalue weighted by atomic mass is 10.1. The Kier molecular flexibility index (Phi) is 3.52. The number of aliphatic hydroxyl groups is 1. The number of hydrogen-bond acceptors (Lipinski definition) is 4. The van der Waals surface area contributed by atoms with E-state index in [0.29, 0.717) is 12.0 Å². The molecule has 0 bridgehead atoms. The van der Waals surface area contributed by atoms with E-state index in [2.05, 4.69) is 4.98 Å². The quantitative estimate of drug-likeness (QED) is 0.843. The zero-order chi connectivity index (χ0) is 15.0. The summed E-state index contributed by atoms with van der Waals surface area (Å²) in [5, 5.41) is 9.48. The molecule has 0 saturated carbocycles. The highest BCUT2D eigenvalue weighted by molar-refractivity contribution is 5.03. The third-order valence-corrected chi connectivity index (χ3v) is 3.85. The predicted molar refractivity (Wildman–Crippen MR) is 75.1 cm³/mol. The van der Waals surface area contributed by atoms with Gasteiger partial charge in [0.2, 0.25) is 0 Å². The van der Waals surface area contributed by atoms with Crippen molar-refractivity contribution in [3.05, 3.63) is 57.1 Å². The molecule has 7 heteroatoms. The second-order valence-electron chi connectivity index (χ2n) is 5.22. The molecule has 0 unspecified atom stereocenters. The second-order valence-corrected chi connectivity index (χ2v) is 5.22. The van der Waals surface area contributed by atoms with Crippen molar-refractivity contribution in [2.45, 2.75) is 31.7 Å². The molecule has 21 heavy (non-hydrogen) atoms. The van der Waals surface area contributed by atoms with Gasteiger partial charge in [0.15, 0.2) is 0 Å². The van der Waals surface area contributed by atoms with E-state index in [1.807, 2.05) is 29.1 Å². The van der Waals surface area contributed by atoms with E-state index in [1.54, 1.807) is 6.92 Å². The van der Waals surface area contributed by atoms with Crippen molar-refractivity contribution >= 4 is 0 Å². The molecule has 0 radical (unpaired) electrons. The third kappa shape index (κ3) is 2.45. The van der Waals surface area contributed by atoms with Crippen molar-refractivity contribution in [2.75, 3.05) is 6.61 Å². The Morgan fingerprint density at radius 1 is 1.38 bits per heavy atom. The van der Waals surface area contributed by atoms with Gasteiger partial charge in [0.1, 0.15) is 12.3 Å². The molecule has 112 valence electrons. The number of aliphatic hydroxyl groups excluding tert-OH is 1. The first-order valence-corrected chi connectivity index (χ1v) is 6.81. The van der Waals surface area contributed by atoms with Crippen molar-refractivity contribution in [1.29, 1.82) is 0 Å². The van der Waals surface area contributed by atoms with Gasteiger partial charge in [-0.1, -0.05) is 0 Å². The largest absolute Gasteiger partial charge is 0.394 e. The lowest BCUT2D eigenvalue weighted by Gasteiger charge is -2.17. The number of aryl methyl sites for hydroxylation is 1. The SMILES string of the molecule is Cc1cn([C@H]2C[C@@H](n3cccc3)[C@@H](CO)O2)c(=O)[nH]c1=O. The maximum atomic E-state index is 11.9. The van der Waals surface area contributed by atoms with Crippen LogP contribution in [0.4, 0.5) is 0 Å². The number of nitrogens with one attached hydrogen (secondary N) is 1. The maximum absolute atomic E-state index is 11.9. The summed E-state index contributed by atoms with van der Waals surface area (Å²) in [7, 11) is 0. The molecule has 2 aromatic rings. The predicted octanol–water partition coefficient (Wildman–Crippen LogP) is 0.168. The molecule has 1 aliphatic heterocycles. The van der Waals surface area contributed by atoms with Crippen LogP contribution in [0.25, 0.3) is 0 Å². The molecule has 3 atom stereocenters. The topological polar surface area (TPSA) is 89.2 Å². The maximum Gasteiger partial charge on any atom is 0.330 e.